The van der Waals surface area contributed by atoms with Crippen molar-refractivity contribution >= 4 is 85.3 Å². The van der Waals surface area contributed by atoms with Crippen LogP contribution in [-0.4, -0.2) is 8.07 Å². The molecule has 0 bridgehead atoms. The summed E-state index contributed by atoms with van der Waals surface area (Å²) in [6.45, 7) is 9.79. The molecule has 61 heavy (non-hydrogen) atoms. The Hall–Kier alpha value is -7.14. The molecule has 0 amide bonds. The van der Waals surface area contributed by atoms with E-state index in [0.717, 1.165) is 44.7 Å². The maximum atomic E-state index is 6.65. The average molecular weight is 801 g/mol. The van der Waals surface area contributed by atoms with Crippen LogP contribution in [0.3, 0.4) is 0 Å². The Morgan fingerprint density at radius 3 is 1.79 bits per heavy atom. The number of rotatable bonds is 6. The lowest BCUT2D eigenvalue weighted by molar-refractivity contribution is 0.660. The Balaban J connectivity index is 1.04. The molecule has 2 heterocycles. The van der Waals surface area contributed by atoms with Crippen molar-refractivity contribution < 1.29 is 4.42 Å². The normalized spacial score (nSPS) is 14.2. The Labute approximate surface area is 357 Å². The van der Waals surface area contributed by atoms with Crippen molar-refractivity contribution in [3.05, 3.63) is 205 Å². The fourth-order valence-corrected chi connectivity index (χ4v) is 13.7. The largest absolute Gasteiger partial charge is 0.454 e. The van der Waals surface area contributed by atoms with Gasteiger partial charge in [-0.2, -0.15) is 0 Å². The molecule has 0 saturated heterocycles. The van der Waals surface area contributed by atoms with E-state index in [4.69, 9.17) is 4.42 Å². The molecular formula is C57H44N2OSi. The third-order valence-electron chi connectivity index (χ3n) is 13.6. The van der Waals surface area contributed by atoms with Crippen molar-refractivity contribution in [3.63, 3.8) is 0 Å². The van der Waals surface area contributed by atoms with Gasteiger partial charge in [-0.1, -0.05) is 154 Å². The smallest absolute Gasteiger partial charge is 0.159 e. The van der Waals surface area contributed by atoms with Gasteiger partial charge in [0.1, 0.15) is 13.7 Å². The van der Waals surface area contributed by atoms with E-state index in [0.29, 0.717) is 0 Å². The van der Waals surface area contributed by atoms with E-state index in [9.17, 15) is 0 Å². The molecule has 0 atom stereocenters. The first-order valence-electron chi connectivity index (χ1n) is 21.4. The number of nitrogens with zero attached hydrogens (tertiary/aromatic N) is 2. The highest BCUT2D eigenvalue weighted by Crippen LogP contribution is 2.52. The molecule has 12 rings (SSSR count). The summed E-state index contributed by atoms with van der Waals surface area (Å²) < 4.78 is 6.65. The predicted molar refractivity (Wildman–Crippen MR) is 260 cm³/mol. The Morgan fingerprint density at radius 1 is 0.410 bits per heavy atom. The molecule has 0 spiro atoms. The number of hydrogen-bond donors (Lipinski definition) is 0. The first-order chi connectivity index (χ1) is 29.8. The van der Waals surface area contributed by atoms with E-state index >= 15 is 0 Å². The van der Waals surface area contributed by atoms with Crippen molar-refractivity contribution in [1.82, 2.24) is 0 Å². The quantitative estimate of drug-likeness (QED) is 0.156. The van der Waals surface area contributed by atoms with Gasteiger partial charge >= 0.3 is 0 Å². The topological polar surface area (TPSA) is 19.6 Å². The van der Waals surface area contributed by atoms with Gasteiger partial charge in [0.15, 0.2) is 5.58 Å². The minimum atomic E-state index is -2.28. The van der Waals surface area contributed by atoms with E-state index in [-0.39, 0.29) is 5.41 Å². The maximum absolute atomic E-state index is 6.65. The standard InChI is InChI=1S/C57H44N2OSi/c1-57(2)48-25-13-11-21-41(48)42-31-29-39(35-49(42)57)58(37-17-7-5-8-18-37)50-34-33-45-44-32-30-40(36-54(44)61(3,4)53-28-16-24-47(50)55(45)53)59(38-19-9-6-10-20-38)51-26-15-23-46-43-22-12-14-27-52(43)60-56(46)51/h5-36H,1-4H3. The Morgan fingerprint density at radius 2 is 1.00 bits per heavy atom. The number of benzene rings is 9. The molecule has 3 nitrogen and oxygen atoms in total. The molecule has 0 fully saturated rings. The highest BCUT2D eigenvalue weighted by atomic mass is 28.3. The van der Waals surface area contributed by atoms with Gasteiger partial charge in [0.25, 0.3) is 0 Å². The van der Waals surface area contributed by atoms with Crippen LogP contribution in [0.2, 0.25) is 13.1 Å². The van der Waals surface area contributed by atoms with Crippen molar-refractivity contribution in [2.75, 3.05) is 9.80 Å². The van der Waals surface area contributed by atoms with E-state index in [2.05, 4.69) is 225 Å². The molecule has 4 heteroatoms. The second-order valence-corrected chi connectivity index (χ2v) is 22.0. The molecule has 0 N–H and O–H groups in total. The number of fused-ring (bicyclic) bond motifs is 8. The molecule has 9 aromatic carbocycles. The monoisotopic (exact) mass is 800 g/mol. The molecule has 1 aliphatic carbocycles. The third-order valence-corrected chi connectivity index (χ3v) is 17.2. The third kappa shape index (κ3) is 5.22. The summed E-state index contributed by atoms with van der Waals surface area (Å²) in [5, 5.41) is 7.81. The number of hydrogen-bond acceptors (Lipinski definition) is 3. The Bertz CT molecular complexity index is 3380. The van der Waals surface area contributed by atoms with Crippen LogP contribution in [0, 0.1) is 0 Å². The van der Waals surface area contributed by atoms with Crippen molar-refractivity contribution in [2.24, 2.45) is 0 Å². The van der Waals surface area contributed by atoms with Gasteiger partial charge in [-0.15, -0.1) is 0 Å². The summed E-state index contributed by atoms with van der Waals surface area (Å²) in [7, 11) is -2.28. The fourth-order valence-electron chi connectivity index (χ4n) is 10.6. The maximum Gasteiger partial charge on any atom is 0.159 e. The zero-order valence-electron chi connectivity index (χ0n) is 34.8. The summed E-state index contributed by atoms with van der Waals surface area (Å²) in [4.78, 5) is 4.86. The van der Waals surface area contributed by atoms with Crippen LogP contribution in [0.25, 0.3) is 55.0 Å². The lowest BCUT2D eigenvalue weighted by atomic mass is 9.82. The molecule has 1 aliphatic heterocycles. The first kappa shape index (κ1) is 35.8. The van der Waals surface area contributed by atoms with Crippen LogP contribution in [0.5, 0.6) is 0 Å². The molecule has 10 aromatic rings. The number of furan rings is 1. The van der Waals surface area contributed by atoms with Crippen molar-refractivity contribution in [2.45, 2.75) is 32.4 Å². The lowest BCUT2D eigenvalue weighted by Gasteiger charge is -2.36. The van der Waals surface area contributed by atoms with Gasteiger partial charge in [0.05, 0.1) is 11.4 Å². The van der Waals surface area contributed by atoms with Gasteiger partial charge in [-0.3, -0.25) is 0 Å². The zero-order chi connectivity index (χ0) is 41.0. The van der Waals surface area contributed by atoms with Crippen LogP contribution in [0.4, 0.5) is 34.1 Å². The number of anilines is 6. The van der Waals surface area contributed by atoms with Crippen LogP contribution < -0.4 is 20.2 Å². The summed E-state index contributed by atoms with van der Waals surface area (Å²) in [6, 6.07) is 71.4. The van der Waals surface area contributed by atoms with Crippen LogP contribution in [0.15, 0.2) is 199 Å². The summed E-state index contributed by atoms with van der Waals surface area (Å²) in [6.07, 6.45) is 0. The van der Waals surface area contributed by atoms with Crippen molar-refractivity contribution in [3.8, 4) is 22.3 Å². The molecule has 2 aliphatic rings. The predicted octanol–water partition coefficient (Wildman–Crippen LogP) is 14.8. The van der Waals surface area contributed by atoms with Gasteiger partial charge < -0.3 is 14.2 Å². The highest BCUT2D eigenvalue weighted by molar-refractivity contribution is 7.03. The van der Waals surface area contributed by atoms with E-state index in [1.807, 2.05) is 6.07 Å². The Kier molecular flexibility index (Phi) is 7.73. The van der Waals surface area contributed by atoms with Crippen LogP contribution in [0.1, 0.15) is 25.0 Å². The van der Waals surface area contributed by atoms with Gasteiger partial charge in [-0.25, -0.2) is 0 Å². The fraction of sp³-hybridized carbons (Fsp3) is 0.0877. The molecule has 0 radical (unpaired) electrons. The zero-order valence-corrected chi connectivity index (χ0v) is 35.8. The van der Waals surface area contributed by atoms with Crippen LogP contribution in [-0.2, 0) is 5.41 Å². The SMILES string of the molecule is CC1(C)c2ccccc2-c2ccc(N(c3ccccc3)c3ccc4c5c(cccc35)[Si](C)(C)c3cc(N(c5ccccc5)c5cccc6c5oc5ccccc56)ccc3-4)cc21. The minimum Gasteiger partial charge on any atom is -0.454 e. The van der Waals surface area contributed by atoms with Crippen molar-refractivity contribution in [1.29, 1.82) is 0 Å². The molecule has 0 saturated carbocycles. The van der Waals surface area contributed by atoms with E-state index in [1.165, 1.54) is 65.9 Å². The average Bonchev–Trinajstić information content (AvgIpc) is 3.79. The lowest BCUT2D eigenvalue weighted by Crippen LogP contribution is -2.56. The second-order valence-electron chi connectivity index (χ2n) is 17.7. The number of para-hydroxylation sites is 4. The van der Waals surface area contributed by atoms with Gasteiger partial charge in [-0.05, 0) is 116 Å². The highest BCUT2D eigenvalue weighted by Gasteiger charge is 2.38. The molecular weight excluding hydrogens is 757 g/mol. The minimum absolute atomic E-state index is 0.100. The van der Waals surface area contributed by atoms with Crippen LogP contribution >= 0.6 is 0 Å². The van der Waals surface area contributed by atoms with Gasteiger partial charge in [0.2, 0.25) is 0 Å². The van der Waals surface area contributed by atoms with E-state index in [1.54, 1.807) is 0 Å². The summed E-state index contributed by atoms with van der Waals surface area (Å²) in [5.74, 6) is 0. The summed E-state index contributed by atoms with van der Waals surface area (Å²) >= 11 is 0. The summed E-state index contributed by atoms with van der Waals surface area (Å²) in [5.41, 5.74) is 16.5. The molecule has 292 valence electrons. The molecule has 1 aromatic heterocycles. The van der Waals surface area contributed by atoms with Gasteiger partial charge in [0, 0.05) is 44.3 Å². The van der Waals surface area contributed by atoms with E-state index < -0.39 is 8.07 Å². The second kappa shape index (κ2) is 13.2. The molecule has 0 unspecified atom stereocenters. The first-order valence-corrected chi connectivity index (χ1v) is 24.4.